The summed E-state index contributed by atoms with van der Waals surface area (Å²) < 4.78 is 140. The minimum atomic E-state index is -4.20. The van der Waals surface area contributed by atoms with Gasteiger partial charge in [-0.25, -0.2) is 0 Å². The lowest BCUT2D eigenvalue weighted by atomic mass is 10.5. The molecular formula is C38H106N4O21Si14. The highest BCUT2D eigenvalue weighted by Crippen LogP contribution is 2.42. The molecule has 9 N–H and O–H groups in total. The molecule has 39 heteroatoms. The van der Waals surface area contributed by atoms with Gasteiger partial charge in [0.25, 0.3) is 0 Å². The Labute approximate surface area is 478 Å². The van der Waals surface area contributed by atoms with Gasteiger partial charge in [0, 0.05) is 64.2 Å². The lowest BCUT2D eigenvalue weighted by molar-refractivity contribution is 0.103. The van der Waals surface area contributed by atoms with E-state index in [1.807, 2.05) is 105 Å². The summed E-state index contributed by atoms with van der Waals surface area (Å²) in [6.45, 7) is 40.3. The lowest BCUT2D eigenvalue weighted by Gasteiger charge is -2.52. The normalized spacial score (nSPS) is 32.5. The van der Waals surface area contributed by atoms with Crippen LogP contribution in [0.4, 0.5) is 0 Å². The fraction of sp³-hybridized carbons (Fsp3) is 1.00. The Hall–Kier alpha value is 2.04. The summed E-state index contributed by atoms with van der Waals surface area (Å²) >= 11 is 0. The summed E-state index contributed by atoms with van der Waals surface area (Å²) in [6.07, 6.45) is 1.38. The van der Waals surface area contributed by atoms with Crippen molar-refractivity contribution in [3.05, 3.63) is 0 Å². The fourth-order valence-electron chi connectivity index (χ4n) is 9.19. The van der Waals surface area contributed by atoms with Gasteiger partial charge in [0.2, 0.25) is 0 Å². The van der Waals surface area contributed by atoms with Gasteiger partial charge in [-0.2, -0.15) is 0 Å². The van der Waals surface area contributed by atoms with E-state index in [-0.39, 0.29) is 58.1 Å². The van der Waals surface area contributed by atoms with Crippen molar-refractivity contribution < 1.29 is 89.9 Å². The molecule has 2 fully saturated rings. The quantitative estimate of drug-likeness (QED) is 0.0376. The van der Waals surface area contributed by atoms with Crippen LogP contribution in [0, 0.1) is 0 Å². The molecule has 6 unspecified atom stereocenters. The average molecular weight is 1350 g/mol. The van der Waals surface area contributed by atoms with Crippen molar-refractivity contribution in [2.45, 2.75) is 181 Å². The first-order chi connectivity index (χ1) is 35.0. The Morgan fingerprint density at radius 3 is 1.23 bits per heavy atom. The van der Waals surface area contributed by atoms with Crippen LogP contribution in [0.25, 0.3) is 0 Å². The number of hydrogen-bond acceptors (Lipinski definition) is 25. The predicted octanol–water partition coefficient (Wildman–Crippen LogP) is 6.01. The van der Waals surface area contributed by atoms with E-state index in [4.69, 9.17) is 108 Å². The third-order valence-corrected chi connectivity index (χ3v) is 66.0. The molecule has 0 aliphatic carbocycles. The molecule has 2 saturated heterocycles. The second-order valence-electron chi connectivity index (χ2n) is 23.4. The first-order valence-electron chi connectivity index (χ1n) is 26.9. The summed E-state index contributed by atoms with van der Waals surface area (Å²) in [5.41, 5.74) is 23.5. The average Bonchev–Trinajstić information content (AvgIpc) is 3.19. The monoisotopic (exact) mass is 1350 g/mol. The molecule has 0 aromatic carbocycles. The molecule has 2 aliphatic heterocycles. The number of hydrogen-bond donors (Lipinski definition) is 5. The van der Waals surface area contributed by atoms with Crippen LogP contribution in [-0.2, 0) is 85.1 Å². The minimum Gasteiger partial charge on any atom is -0.417 e. The van der Waals surface area contributed by atoms with Gasteiger partial charge < -0.3 is 113 Å². The second kappa shape index (κ2) is 30.6. The van der Waals surface area contributed by atoms with Crippen molar-refractivity contribution >= 4 is 121 Å². The lowest BCUT2D eigenvalue weighted by Crippen LogP contribution is -2.74. The summed E-state index contributed by atoms with van der Waals surface area (Å²) in [5, 5.41) is 0. The molecule has 0 radical (unpaired) electrons. The molecule has 77 heavy (non-hydrogen) atoms. The van der Waals surface area contributed by atoms with E-state index in [0.717, 1.165) is 0 Å². The van der Waals surface area contributed by atoms with Gasteiger partial charge in [0.15, 0.2) is 8.32 Å². The summed E-state index contributed by atoms with van der Waals surface area (Å²) in [7, 11) is -49.5. The highest BCUT2D eigenvalue weighted by Gasteiger charge is 2.66. The Kier molecular flexibility index (Phi) is 29.9. The topological polar surface area (TPSA) is 309 Å². The van der Waals surface area contributed by atoms with E-state index < -0.39 is 121 Å². The standard InChI is InChI=1S/C38H106N4O21Si14/c1-22-74(49-64(3,4)5)54-69(14,15)57-75(33-24-28-46-36-40)58-70(16,17)60-76(63-74,34-25-29-47-37-41)55-67(10,11)50-66(8,9)52-73(21,43)62-72(20,32-23-27-45-30-26-39)51-68(12,13)56-77(35-31-48-38-42,53-65(6,7)44-2)61-71(18,19)59-75/h43H,22-42H2,1-21H3. The highest BCUT2D eigenvalue weighted by atomic mass is 28.6. The number of fused-ring (bicyclic) bond motifs is 4. The maximum absolute atomic E-state index is 12.5. The van der Waals surface area contributed by atoms with E-state index in [9.17, 15) is 4.80 Å². The molecular weight excluding hydrogens is 1240 g/mol. The van der Waals surface area contributed by atoms with Crippen molar-refractivity contribution in [3.8, 4) is 0 Å². The van der Waals surface area contributed by atoms with Gasteiger partial charge in [0.1, 0.15) is 0 Å². The Morgan fingerprint density at radius 1 is 0.403 bits per heavy atom. The van der Waals surface area contributed by atoms with E-state index >= 15 is 0 Å². The van der Waals surface area contributed by atoms with Gasteiger partial charge in [-0.15, -0.1) is 0 Å². The molecule has 2 bridgehead atoms. The van der Waals surface area contributed by atoms with Gasteiger partial charge in [-0.1, -0.05) is 6.92 Å². The van der Waals surface area contributed by atoms with E-state index in [1.165, 1.54) is 0 Å². The fourth-order valence-corrected chi connectivity index (χ4v) is 77.3. The summed E-state index contributed by atoms with van der Waals surface area (Å²) in [4.78, 5) is 12.5. The predicted molar refractivity (Wildman–Crippen MR) is 326 cm³/mol. The molecule has 0 spiro atoms. The second-order valence-corrected chi connectivity index (χ2v) is 72.2. The SMILES string of the molecule is CC[Si]1(O[Si](C)(C)C)O[Si](C)(C)O[Si]2(CCCOCN)O[Si](C)(C)O[Si](CCOCN)(O[Si](C)(C)OC)O[Si](C)(C)O[Si](C)(CCCOCCN)O[Si](C)(O)O[Si](C)(C)O[Si](C)(C)O[Si](CCCOCN)(O[Si](C)(C)O2)O1. The molecule has 0 saturated carbocycles. The van der Waals surface area contributed by atoms with Crippen molar-refractivity contribution in [2.24, 2.45) is 22.9 Å². The molecule has 6 atom stereocenters. The third-order valence-electron chi connectivity index (χ3n) is 10.7. The minimum absolute atomic E-state index is 0.0122. The Bertz CT molecular complexity index is 1760. The van der Waals surface area contributed by atoms with E-state index in [0.29, 0.717) is 51.1 Å². The van der Waals surface area contributed by atoms with Crippen LogP contribution >= 0.6 is 0 Å². The Balaban J connectivity index is 3.35. The molecule has 0 aromatic heterocycles. The van der Waals surface area contributed by atoms with E-state index in [1.54, 1.807) is 13.7 Å². The summed E-state index contributed by atoms with van der Waals surface area (Å²) in [5.74, 6) is 0. The van der Waals surface area contributed by atoms with Crippen molar-refractivity contribution in [1.82, 2.24) is 0 Å². The smallest absolute Gasteiger partial charge is 0.417 e. The largest absolute Gasteiger partial charge is 0.477 e. The van der Waals surface area contributed by atoms with Gasteiger partial charge >= 0.3 is 113 Å². The third kappa shape index (κ3) is 28.4. The highest BCUT2D eigenvalue weighted by molar-refractivity contribution is 6.97. The number of rotatable bonds is 26. The van der Waals surface area contributed by atoms with Crippen molar-refractivity contribution in [2.75, 3.05) is 66.9 Å². The van der Waals surface area contributed by atoms with E-state index in [2.05, 4.69) is 19.6 Å². The van der Waals surface area contributed by atoms with Crippen molar-refractivity contribution in [3.63, 3.8) is 0 Å². The zero-order valence-corrected chi connectivity index (χ0v) is 64.9. The van der Waals surface area contributed by atoms with Gasteiger partial charge in [0.05, 0.1) is 33.4 Å². The number of ether oxygens (including phenoxy) is 4. The molecule has 2 aliphatic rings. The molecule has 0 aromatic rings. The van der Waals surface area contributed by atoms with Gasteiger partial charge in [-0.05, 0) is 143 Å². The van der Waals surface area contributed by atoms with Crippen LogP contribution in [0.5, 0.6) is 0 Å². The van der Waals surface area contributed by atoms with Crippen molar-refractivity contribution in [1.29, 1.82) is 0 Å². The molecule has 25 nitrogen and oxygen atoms in total. The number of nitrogens with two attached hydrogens (primary N) is 4. The van der Waals surface area contributed by atoms with Gasteiger partial charge in [-0.3, -0.25) is 0 Å². The van der Waals surface area contributed by atoms with Crippen LogP contribution in [0.1, 0.15) is 26.2 Å². The zero-order valence-electron chi connectivity index (χ0n) is 50.9. The Morgan fingerprint density at radius 2 is 0.792 bits per heavy atom. The first-order valence-corrected chi connectivity index (χ1v) is 62.5. The molecule has 2 heterocycles. The first kappa shape index (κ1) is 75.1. The zero-order chi connectivity index (χ0) is 59.2. The van der Waals surface area contributed by atoms with Crippen LogP contribution in [-0.4, -0.2) is 193 Å². The summed E-state index contributed by atoms with van der Waals surface area (Å²) in [6, 6.07) is 1.36. The molecule has 460 valence electrons. The van der Waals surface area contributed by atoms with Crippen LogP contribution in [0.2, 0.25) is 155 Å². The molecule has 2 rings (SSSR count). The van der Waals surface area contributed by atoms with Crippen LogP contribution in [0.15, 0.2) is 0 Å². The van der Waals surface area contributed by atoms with Crippen LogP contribution in [0.3, 0.4) is 0 Å². The van der Waals surface area contributed by atoms with Crippen LogP contribution < -0.4 is 22.9 Å². The maximum Gasteiger partial charge on any atom is 0.477 e. The maximum atomic E-state index is 12.5. The molecule has 0 amide bonds.